The van der Waals surface area contributed by atoms with Crippen molar-refractivity contribution in [3.05, 3.63) is 93.5 Å². The van der Waals surface area contributed by atoms with E-state index in [1.165, 1.54) is 34.8 Å². The molecule has 1 aromatic heterocycles. The van der Waals surface area contributed by atoms with Crippen molar-refractivity contribution in [3.63, 3.8) is 0 Å². The molecule has 1 saturated heterocycles. The minimum atomic E-state index is -3.29. The minimum Gasteiger partial charge on any atom is -0.349 e. The number of hydrogen-bond acceptors (Lipinski definition) is 6. The Morgan fingerprint density at radius 3 is 2.26 bits per heavy atom. The van der Waals surface area contributed by atoms with Gasteiger partial charge in [-0.2, -0.15) is 4.31 Å². The summed E-state index contributed by atoms with van der Waals surface area (Å²) < 4.78 is 53.5. The summed E-state index contributed by atoms with van der Waals surface area (Å²) in [6.45, 7) is 2.41. The molecule has 1 aliphatic heterocycles. The Bertz CT molecular complexity index is 1450. The molecule has 3 aromatic rings. The molecule has 1 aliphatic carbocycles. The molecule has 2 aromatic carbocycles. The molecule has 1 N–H and O–H groups in total. The molecule has 2 heterocycles. The van der Waals surface area contributed by atoms with Gasteiger partial charge in [-0.15, -0.1) is 0 Å². The Morgan fingerprint density at radius 1 is 0.974 bits per heavy atom. The van der Waals surface area contributed by atoms with E-state index >= 15 is 0 Å². The molecule has 0 amide bonds. The quantitative estimate of drug-likeness (QED) is 0.386. The van der Waals surface area contributed by atoms with Crippen LogP contribution in [-0.4, -0.2) is 67.3 Å². The van der Waals surface area contributed by atoms with Crippen molar-refractivity contribution in [2.75, 3.05) is 43.9 Å². The summed E-state index contributed by atoms with van der Waals surface area (Å²) in [5.41, 5.74) is 2.45. The number of anilines is 1. The summed E-state index contributed by atoms with van der Waals surface area (Å²) in [5, 5.41) is 3.56. The smallest absolute Gasteiger partial charge is 0.293 e. The standard InChI is InChI=1S/C28H33F2N5O3S/c1-39(37,38)35-15-13-33(14-16-35)27-28(36)34(18-20-4-8-22(29)9-5-20)19-24(32-27)3-2-12-31-26-17-25(26)21-6-10-23(30)11-7-21/h4-11,19,25-26,31H,2-3,12-18H2,1H3/t25-,26+/m0/s1. The van der Waals surface area contributed by atoms with Crippen LogP contribution in [0.15, 0.2) is 59.5 Å². The molecule has 2 fully saturated rings. The largest absolute Gasteiger partial charge is 0.349 e. The normalized spacial score (nSPS) is 19.8. The lowest BCUT2D eigenvalue weighted by atomic mass is 10.1. The van der Waals surface area contributed by atoms with Crippen molar-refractivity contribution in [2.24, 2.45) is 0 Å². The summed E-state index contributed by atoms with van der Waals surface area (Å²) in [5.74, 6) is 0.150. The van der Waals surface area contributed by atoms with Crippen molar-refractivity contribution in [2.45, 2.75) is 37.8 Å². The zero-order valence-corrected chi connectivity index (χ0v) is 22.7. The van der Waals surface area contributed by atoms with E-state index in [1.54, 1.807) is 22.9 Å². The Morgan fingerprint density at radius 2 is 1.62 bits per heavy atom. The second kappa shape index (κ2) is 11.5. The zero-order chi connectivity index (χ0) is 27.6. The first kappa shape index (κ1) is 27.4. The lowest BCUT2D eigenvalue weighted by Crippen LogP contribution is -2.50. The van der Waals surface area contributed by atoms with Gasteiger partial charge < -0.3 is 14.8 Å². The van der Waals surface area contributed by atoms with Crippen molar-refractivity contribution >= 4 is 15.8 Å². The van der Waals surface area contributed by atoms with Crippen molar-refractivity contribution in [1.82, 2.24) is 19.2 Å². The Labute approximate surface area is 227 Å². The second-order valence-corrected chi connectivity index (χ2v) is 12.3. The predicted molar refractivity (Wildman–Crippen MR) is 146 cm³/mol. The number of benzene rings is 2. The molecule has 5 rings (SSSR count). The predicted octanol–water partition coefficient (Wildman–Crippen LogP) is 2.73. The lowest BCUT2D eigenvalue weighted by Gasteiger charge is -2.33. The number of nitrogens with one attached hydrogen (secondary N) is 1. The summed E-state index contributed by atoms with van der Waals surface area (Å²) in [6, 6.07) is 13.1. The average Bonchev–Trinajstić information content (AvgIpc) is 3.69. The van der Waals surface area contributed by atoms with E-state index in [2.05, 4.69) is 5.32 Å². The van der Waals surface area contributed by atoms with Gasteiger partial charge >= 0.3 is 0 Å². The van der Waals surface area contributed by atoms with E-state index in [0.717, 1.165) is 36.2 Å². The van der Waals surface area contributed by atoms with Gasteiger partial charge in [0.25, 0.3) is 5.56 Å². The summed E-state index contributed by atoms with van der Waals surface area (Å²) in [6.07, 6.45) is 5.45. The third-order valence-corrected chi connectivity index (χ3v) is 8.69. The van der Waals surface area contributed by atoms with Gasteiger partial charge in [-0.25, -0.2) is 22.2 Å². The molecule has 2 aliphatic rings. The van der Waals surface area contributed by atoms with Crippen LogP contribution in [0.5, 0.6) is 0 Å². The highest BCUT2D eigenvalue weighted by molar-refractivity contribution is 7.88. The highest BCUT2D eigenvalue weighted by Gasteiger charge is 2.37. The van der Waals surface area contributed by atoms with Gasteiger partial charge in [-0.1, -0.05) is 24.3 Å². The third-order valence-electron chi connectivity index (χ3n) is 7.38. The maximum Gasteiger partial charge on any atom is 0.293 e. The van der Waals surface area contributed by atoms with Gasteiger partial charge in [-0.3, -0.25) is 4.79 Å². The third kappa shape index (κ3) is 6.90. The van der Waals surface area contributed by atoms with Crippen LogP contribution in [0.25, 0.3) is 0 Å². The van der Waals surface area contributed by atoms with Crippen molar-refractivity contribution in [1.29, 1.82) is 0 Å². The summed E-state index contributed by atoms with van der Waals surface area (Å²) >= 11 is 0. The number of halogens is 2. The fourth-order valence-corrected chi connectivity index (χ4v) is 5.92. The summed E-state index contributed by atoms with van der Waals surface area (Å²) in [4.78, 5) is 20.0. The van der Waals surface area contributed by atoms with E-state index < -0.39 is 10.0 Å². The van der Waals surface area contributed by atoms with Crippen LogP contribution in [0.4, 0.5) is 14.6 Å². The van der Waals surface area contributed by atoms with Crippen LogP contribution in [0.1, 0.15) is 35.6 Å². The van der Waals surface area contributed by atoms with Crippen LogP contribution in [0.2, 0.25) is 0 Å². The number of aromatic nitrogens is 2. The molecule has 11 heteroatoms. The maximum atomic E-state index is 13.4. The van der Waals surface area contributed by atoms with Crippen LogP contribution in [0.3, 0.4) is 0 Å². The van der Waals surface area contributed by atoms with Crippen molar-refractivity contribution < 1.29 is 17.2 Å². The maximum absolute atomic E-state index is 13.4. The Balaban J connectivity index is 1.26. The van der Waals surface area contributed by atoms with Crippen LogP contribution >= 0.6 is 0 Å². The molecular formula is C28H33F2N5O3S. The van der Waals surface area contributed by atoms with E-state index in [0.29, 0.717) is 50.4 Å². The number of nitrogens with zero attached hydrogens (tertiary/aromatic N) is 4. The first-order chi connectivity index (χ1) is 18.7. The SMILES string of the molecule is CS(=O)(=O)N1CCN(c2nc(CCCN[C@@H]3C[C@H]3c3ccc(F)cc3)cn(Cc3ccc(F)cc3)c2=O)CC1. The van der Waals surface area contributed by atoms with E-state index in [1.807, 2.05) is 17.0 Å². The van der Waals surface area contributed by atoms with Crippen molar-refractivity contribution in [3.8, 4) is 0 Å². The van der Waals surface area contributed by atoms with Gasteiger partial charge in [-0.05, 0) is 61.2 Å². The van der Waals surface area contributed by atoms with Crippen LogP contribution < -0.4 is 15.8 Å². The van der Waals surface area contributed by atoms with Crippen LogP contribution in [0, 0.1) is 11.6 Å². The number of piperazine rings is 1. The fourth-order valence-electron chi connectivity index (χ4n) is 5.10. The number of hydrogen-bond donors (Lipinski definition) is 1. The van der Waals surface area contributed by atoms with Crippen LogP contribution in [-0.2, 0) is 23.0 Å². The first-order valence-corrected chi connectivity index (χ1v) is 15.1. The molecule has 208 valence electrons. The van der Waals surface area contributed by atoms with Gasteiger partial charge in [0.1, 0.15) is 11.6 Å². The first-order valence-electron chi connectivity index (χ1n) is 13.2. The molecule has 2 atom stereocenters. The minimum absolute atomic E-state index is 0.228. The number of aryl methyl sites for hydroxylation is 1. The second-order valence-electron chi connectivity index (χ2n) is 10.3. The van der Waals surface area contributed by atoms with Gasteiger partial charge in [0.2, 0.25) is 10.0 Å². The molecule has 0 spiro atoms. The molecule has 8 nitrogen and oxygen atoms in total. The van der Waals surface area contributed by atoms with E-state index in [4.69, 9.17) is 4.98 Å². The molecular weight excluding hydrogens is 524 g/mol. The average molecular weight is 558 g/mol. The zero-order valence-electron chi connectivity index (χ0n) is 21.9. The topological polar surface area (TPSA) is 87.5 Å². The highest BCUT2D eigenvalue weighted by atomic mass is 32.2. The number of rotatable bonds is 10. The molecule has 39 heavy (non-hydrogen) atoms. The highest BCUT2D eigenvalue weighted by Crippen LogP contribution is 2.40. The molecule has 0 radical (unpaired) electrons. The Hall–Kier alpha value is -3.15. The van der Waals surface area contributed by atoms with E-state index in [9.17, 15) is 22.0 Å². The molecule has 0 unspecified atom stereocenters. The van der Waals surface area contributed by atoms with Gasteiger partial charge in [0.15, 0.2) is 5.82 Å². The number of sulfonamides is 1. The monoisotopic (exact) mass is 557 g/mol. The lowest BCUT2D eigenvalue weighted by molar-refractivity contribution is 0.386. The Kier molecular flexibility index (Phi) is 8.11. The summed E-state index contributed by atoms with van der Waals surface area (Å²) in [7, 11) is -3.29. The molecule has 1 saturated carbocycles. The van der Waals surface area contributed by atoms with Gasteiger partial charge in [0, 0.05) is 44.3 Å². The fraction of sp³-hybridized carbons (Fsp3) is 0.429. The van der Waals surface area contributed by atoms with E-state index in [-0.39, 0.29) is 23.7 Å². The molecule has 0 bridgehead atoms. The van der Waals surface area contributed by atoms with Gasteiger partial charge in [0.05, 0.1) is 18.5 Å².